The van der Waals surface area contributed by atoms with Crippen molar-refractivity contribution in [1.82, 2.24) is 14.5 Å². The molecule has 1 aliphatic heterocycles. The van der Waals surface area contributed by atoms with Crippen LogP contribution >= 0.6 is 0 Å². The minimum Gasteiger partial charge on any atom is -0.355 e. The standard InChI is InChI=1S/C14H20FN3O3S/c1-2-16-14(19)11-17-6-8-18(9-7-17)22(20,21)13-5-3-4-12(15)10-13/h3-5,10H,2,6-9,11H2,1H3,(H,16,19). The Labute approximate surface area is 130 Å². The molecule has 6 nitrogen and oxygen atoms in total. The van der Waals surface area contributed by atoms with Crippen molar-refractivity contribution in [2.24, 2.45) is 0 Å². The molecule has 1 aliphatic rings. The van der Waals surface area contributed by atoms with Gasteiger partial charge in [0.2, 0.25) is 15.9 Å². The molecule has 22 heavy (non-hydrogen) atoms. The van der Waals surface area contributed by atoms with Gasteiger partial charge in [0.15, 0.2) is 0 Å². The molecule has 0 spiro atoms. The van der Waals surface area contributed by atoms with Crippen LogP contribution in [0.2, 0.25) is 0 Å². The number of sulfonamides is 1. The third-order valence-corrected chi connectivity index (χ3v) is 5.40. The first-order chi connectivity index (χ1) is 10.4. The third kappa shape index (κ3) is 4.02. The number of hydrogen-bond acceptors (Lipinski definition) is 4. The van der Waals surface area contributed by atoms with Gasteiger partial charge in [-0.1, -0.05) is 6.07 Å². The number of piperazine rings is 1. The summed E-state index contributed by atoms with van der Waals surface area (Å²) in [4.78, 5) is 13.4. The second-order valence-corrected chi connectivity index (χ2v) is 7.03. The van der Waals surface area contributed by atoms with Crippen molar-refractivity contribution >= 4 is 15.9 Å². The fourth-order valence-corrected chi connectivity index (χ4v) is 3.81. The summed E-state index contributed by atoms with van der Waals surface area (Å²) >= 11 is 0. The number of amides is 1. The highest BCUT2D eigenvalue weighted by molar-refractivity contribution is 7.89. The molecular weight excluding hydrogens is 309 g/mol. The van der Waals surface area contributed by atoms with E-state index in [2.05, 4.69) is 5.32 Å². The van der Waals surface area contributed by atoms with E-state index in [0.29, 0.717) is 19.6 Å². The highest BCUT2D eigenvalue weighted by Gasteiger charge is 2.29. The van der Waals surface area contributed by atoms with Gasteiger partial charge in [0.05, 0.1) is 11.4 Å². The fourth-order valence-electron chi connectivity index (χ4n) is 2.36. The van der Waals surface area contributed by atoms with Crippen LogP contribution in [-0.4, -0.2) is 62.8 Å². The molecule has 0 atom stereocenters. The van der Waals surface area contributed by atoms with E-state index in [1.807, 2.05) is 11.8 Å². The van der Waals surface area contributed by atoms with E-state index in [-0.39, 0.29) is 30.4 Å². The second kappa shape index (κ2) is 7.17. The highest BCUT2D eigenvalue weighted by Crippen LogP contribution is 2.18. The Hall–Kier alpha value is -1.51. The minimum atomic E-state index is -3.68. The van der Waals surface area contributed by atoms with E-state index in [0.717, 1.165) is 6.07 Å². The van der Waals surface area contributed by atoms with E-state index in [1.54, 1.807) is 0 Å². The maximum atomic E-state index is 13.2. The summed E-state index contributed by atoms with van der Waals surface area (Å²) in [6.45, 7) is 4.23. The van der Waals surface area contributed by atoms with E-state index in [1.165, 1.54) is 22.5 Å². The van der Waals surface area contributed by atoms with Crippen LogP contribution in [-0.2, 0) is 14.8 Å². The number of likely N-dealkylation sites (N-methyl/N-ethyl adjacent to an activating group) is 1. The molecule has 8 heteroatoms. The van der Waals surface area contributed by atoms with Gasteiger partial charge in [-0.05, 0) is 25.1 Å². The van der Waals surface area contributed by atoms with Crippen molar-refractivity contribution < 1.29 is 17.6 Å². The van der Waals surface area contributed by atoms with Crippen LogP contribution in [0.15, 0.2) is 29.2 Å². The molecule has 2 rings (SSSR count). The largest absolute Gasteiger partial charge is 0.355 e. The topological polar surface area (TPSA) is 69.7 Å². The Morgan fingerprint density at radius 1 is 1.27 bits per heavy atom. The summed E-state index contributed by atoms with van der Waals surface area (Å²) in [6, 6.07) is 5.01. The van der Waals surface area contributed by atoms with Crippen molar-refractivity contribution in [2.45, 2.75) is 11.8 Å². The smallest absolute Gasteiger partial charge is 0.243 e. The van der Waals surface area contributed by atoms with E-state index in [9.17, 15) is 17.6 Å². The van der Waals surface area contributed by atoms with Gasteiger partial charge < -0.3 is 5.32 Å². The number of rotatable bonds is 5. The zero-order valence-corrected chi connectivity index (χ0v) is 13.3. The summed E-state index contributed by atoms with van der Waals surface area (Å²) in [7, 11) is -3.68. The number of carbonyl (C=O) groups is 1. The Bertz CT molecular complexity index is 628. The van der Waals surface area contributed by atoms with Crippen molar-refractivity contribution in [3.05, 3.63) is 30.1 Å². The van der Waals surface area contributed by atoms with Gasteiger partial charge in [-0.3, -0.25) is 9.69 Å². The summed E-state index contributed by atoms with van der Waals surface area (Å²) in [6.07, 6.45) is 0. The monoisotopic (exact) mass is 329 g/mol. The number of halogens is 1. The first kappa shape index (κ1) is 16.9. The Balaban J connectivity index is 1.97. The normalized spacial score (nSPS) is 17.4. The van der Waals surface area contributed by atoms with E-state index >= 15 is 0 Å². The molecule has 1 fully saturated rings. The van der Waals surface area contributed by atoms with E-state index < -0.39 is 15.8 Å². The SMILES string of the molecule is CCNC(=O)CN1CCN(S(=O)(=O)c2cccc(F)c2)CC1. The van der Waals surface area contributed by atoms with Gasteiger partial charge in [0, 0.05) is 32.7 Å². The van der Waals surface area contributed by atoms with Crippen LogP contribution in [0.1, 0.15) is 6.92 Å². The minimum absolute atomic E-state index is 0.0373. The second-order valence-electron chi connectivity index (χ2n) is 5.09. The van der Waals surface area contributed by atoms with Gasteiger partial charge in [-0.25, -0.2) is 12.8 Å². The number of nitrogens with zero attached hydrogens (tertiary/aromatic N) is 2. The third-order valence-electron chi connectivity index (χ3n) is 3.51. The molecule has 1 N–H and O–H groups in total. The van der Waals surface area contributed by atoms with Crippen molar-refractivity contribution in [3.63, 3.8) is 0 Å². The summed E-state index contributed by atoms with van der Waals surface area (Å²) in [5.41, 5.74) is 0. The molecule has 1 aromatic rings. The van der Waals surface area contributed by atoms with Crippen LogP contribution in [0.4, 0.5) is 4.39 Å². The van der Waals surface area contributed by atoms with Gasteiger partial charge in [-0.15, -0.1) is 0 Å². The number of carbonyl (C=O) groups excluding carboxylic acids is 1. The fraction of sp³-hybridized carbons (Fsp3) is 0.500. The predicted molar refractivity (Wildman–Crippen MR) is 80.3 cm³/mol. The summed E-state index contributed by atoms with van der Waals surface area (Å²) in [5, 5.41) is 2.71. The Kier molecular flexibility index (Phi) is 5.49. The molecule has 1 heterocycles. The number of hydrogen-bond donors (Lipinski definition) is 1. The van der Waals surface area contributed by atoms with Crippen LogP contribution < -0.4 is 5.32 Å². The lowest BCUT2D eigenvalue weighted by atomic mass is 10.3. The van der Waals surface area contributed by atoms with Gasteiger partial charge in [0.1, 0.15) is 5.82 Å². The molecular formula is C14H20FN3O3S. The lowest BCUT2D eigenvalue weighted by Gasteiger charge is -2.33. The van der Waals surface area contributed by atoms with Gasteiger partial charge in [0.25, 0.3) is 0 Å². The van der Waals surface area contributed by atoms with Crippen molar-refractivity contribution in [3.8, 4) is 0 Å². The average molecular weight is 329 g/mol. The Morgan fingerprint density at radius 3 is 2.55 bits per heavy atom. The first-order valence-electron chi connectivity index (χ1n) is 7.18. The number of benzene rings is 1. The van der Waals surface area contributed by atoms with Gasteiger partial charge in [-0.2, -0.15) is 4.31 Å². The molecule has 1 aromatic carbocycles. The zero-order valence-electron chi connectivity index (χ0n) is 12.5. The highest BCUT2D eigenvalue weighted by atomic mass is 32.2. The zero-order chi connectivity index (χ0) is 16.2. The Morgan fingerprint density at radius 2 is 1.95 bits per heavy atom. The van der Waals surface area contributed by atoms with E-state index in [4.69, 9.17) is 0 Å². The molecule has 1 amide bonds. The number of nitrogens with one attached hydrogen (secondary N) is 1. The van der Waals surface area contributed by atoms with Crippen LogP contribution in [0, 0.1) is 5.82 Å². The lowest BCUT2D eigenvalue weighted by molar-refractivity contribution is -0.122. The molecule has 0 saturated carbocycles. The van der Waals surface area contributed by atoms with Crippen LogP contribution in [0.5, 0.6) is 0 Å². The summed E-state index contributed by atoms with van der Waals surface area (Å²) < 4.78 is 39.4. The van der Waals surface area contributed by atoms with Crippen molar-refractivity contribution in [2.75, 3.05) is 39.3 Å². The molecule has 0 bridgehead atoms. The lowest BCUT2D eigenvalue weighted by Crippen LogP contribution is -2.51. The van der Waals surface area contributed by atoms with Crippen LogP contribution in [0.3, 0.4) is 0 Å². The average Bonchev–Trinajstić information content (AvgIpc) is 2.48. The maximum absolute atomic E-state index is 13.2. The maximum Gasteiger partial charge on any atom is 0.243 e. The molecule has 1 saturated heterocycles. The molecule has 0 aromatic heterocycles. The first-order valence-corrected chi connectivity index (χ1v) is 8.62. The summed E-state index contributed by atoms with van der Waals surface area (Å²) in [5.74, 6) is -0.639. The van der Waals surface area contributed by atoms with Crippen LogP contribution in [0.25, 0.3) is 0 Å². The molecule has 122 valence electrons. The molecule has 0 aliphatic carbocycles. The molecule has 0 radical (unpaired) electrons. The van der Waals surface area contributed by atoms with Gasteiger partial charge >= 0.3 is 0 Å². The van der Waals surface area contributed by atoms with Crippen molar-refractivity contribution in [1.29, 1.82) is 0 Å². The quantitative estimate of drug-likeness (QED) is 0.842. The molecule has 0 unspecified atom stereocenters. The predicted octanol–water partition coefficient (Wildman–Crippen LogP) is 0.268.